The van der Waals surface area contributed by atoms with Gasteiger partial charge in [0.1, 0.15) is 0 Å². The Hall–Kier alpha value is -0.910. The van der Waals surface area contributed by atoms with Gasteiger partial charge < -0.3 is 19.8 Å². The van der Waals surface area contributed by atoms with Gasteiger partial charge in [-0.2, -0.15) is 0 Å². The zero-order valence-electron chi connectivity index (χ0n) is 19.5. The van der Waals surface area contributed by atoms with Gasteiger partial charge in [-0.25, -0.2) is 4.79 Å². The minimum Gasteiger partial charge on any atom is -0.477 e. The van der Waals surface area contributed by atoms with Gasteiger partial charge in [-0.3, -0.25) is 0 Å². The van der Waals surface area contributed by atoms with Crippen LogP contribution in [0.4, 0.5) is 0 Å². The highest BCUT2D eigenvalue weighted by atomic mass is 16.5. The maximum atomic E-state index is 11.4. The summed E-state index contributed by atoms with van der Waals surface area (Å²) in [5.41, 5.74) is 0. The third kappa shape index (κ3) is 14.7. The number of rotatable bonds is 19. The van der Waals surface area contributed by atoms with Crippen molar-refractivity contribution in [1.82, 2.24) is 0 Å². The topological polar surface area (TPSA) is 77.8 Å². The van der Waals surface area contributed by atoms with Crippen molar-refractivity contribution < 1.29 is 24.6 Å². The first-order valence-corrected chi connectivity index (χ1v) is 11.8. The number of carboxylic acid groups (broad SMARTS) is 1. The quantitative estimate of drug-likeness (QED) is 0.117. The molecule has 29 heavy (non-hydrogen) atoms. The molecule has 0 aliphatic carbocycles. The van der Waals surface area contributed by atoms with Crippen LogP contribution in [0.25, 0.3) is 0 Å². The van der Waals surface area contributed by atoms with Gasteiger partial charge in [0.2, 0.25) is 11.8 Å². The van der Waals surface area contributed by atoms with Crippen LogP contribution >= 0.6 is 0 Å². The maximum Gasteiger partial charge on any atom is 0.368 e. The van der Waals surface area contributed by atoms with E-state index in [1.165, 1.54) is 57.8 Å². The molecule has 0 bridgehead atoms. The molecule has 5 nitrogen and oxygen atoms in total. The van der Waals surface area contributed by atoms with E-state index in [4.69, 9.17) is 0 Å². The number of quaternary nitrogens is 1. The van der Waals surface area contributed by atoms with Crippen LogP contribution in [-0.2, 0) is 4.79 Å². The minimum absolute atomic E-state index is 0.0191. The summed E-state index contributed by atoms with van der Waals surface area (Å²) in [6, 6.07) is -1.24. The molecular weight excluding hydrogens is 366 g/mol. The van der Waals surface area contributed by atoms with E-state index in [0.29, 0.717) is 6.42 Å². The summed E-state index contributed by atoms with van der Waals surface area (Å²) in [4.78, 5) is 11.4. The van der Waals surface area contributed by atoms with Crippen LogP contribution in [0.3, 0.4) is 0 Å². The highest BCUT2D eigenvalue weighted by molar-refractivity contribution is 5.73. The van der Waals surface area contributed by atoms with Crippen molar-refractivity contribution in [2.45, 2.75) is 115 Å². The Balaban J connectivity index is 3.68. The second kappa shape index (κ2) is 15.9. The molecule has 1 unspecified atom stereocenters. The van der Waals surface area contributed by atoms with Gasteiger partial charge in [-0.05, 0) is 32.1 Å². The lowest BCUT2D eigenvalue weighted by Gasteiger charge is -2.38. The smallest absolute Gasteiger partial charge is 0.368 e. The molecule has 0 aromatic heterocycles. The Labute approximate surface area is 179 Å². The Morgan fingerprint density at radius 2 is 1.21 bits per heavy atom. The fourth-order valence-corrected chi connectivity index (χ4v) is 3.92. The number of carboxylic acids is 1. The molecule has 0 heterocycles. The Morgan fingerprint density at radius 3 is 1.62 bits per heavy atom. The molecule has 0 amide bonds. The van der Waals surface area contributed by atoms with Gasteiger partial charge in [0, 0.05) is 6.42 Å². The van der Waals surface area contributed by atoms with Gasteiger partial charge in [-0.15, -0.1) is 0 Å². The Kier molecular flexibility index (Phi) is 15.4. The Morgan fingerprint density at radius 1 is 0.793 bits per heavy atom. The molecule has 0 aliphatic heterocycles. The molecule has 0 saturated heterocycles. The summed E-state index contributed by atoms with van der Waals surface area (Å²) in [5, 5.41) is 29.8. The van der Waals surface area contributed by atoms with Crippen molar-refractivity contribution in [2.24, 2.45) is 0 Å². The van der Waals surface area contributed by atoms with Crippen LogP contribution in [0.5, 0.6) is 0 Å². The van der Waals surface area contributed by atoms with Crippen LogP contribution in [0.15, 0.2) is 12.2 Å². The molecule has 0 saturated carbocycles. The van der Waals surface area contributed by atoms with Crippen LogP contribution in [-0.4, -0.2) is 58.7 Å². The molecule has 0 fully saturated rings. The molecule has 0 aromatic rings. The summed E-state index contributed by atoms with van der Waals surface area (Å²) < 4.78 is -0.0191. The average molecular weight is 415 g/mol. The van der Waals surface area contributed by atoms with Crippen molar-refractivity contribution in [3.8, 4) is 0 Å². The lowest BCUT2D eigenvalue weighted by Crippen LogP contribution is -2.62. The summed E-state index contributed by atoms with van der Waals surface area (Å²) in [7, 11) is 5.01. The van der Waals surface area contributed by atoms with Gasteiger partial charge >= 0.3 is 5.97 Å². The SMILES string of the molecule is CCCCCCCC/C=C\CCCCCCCCC(O)(O)C(C(=O)O)[N+](C)(C)C. The zero-order valence-corrected chi connectivity index (χ0v) is 19.5. The molecule has 172 valence electrons. The van der Waals surface area contributed by atoms with Crippen LogP contribution in [0.1, 0.15) is 103 Å². The monoisotopic (exact) mass is 414 g/mol. The number of allylic oxidation sites excluding steroid dienone is 2. The van der Waals surface area contributed by atoms with Crippen LogP contribution in [0, 0.1) is 0 Å². The van der Waals surface area contributed by atoms with E-state index < -0.39 is 17.8 Å². The van der Waals surface area contributed by atoms with Crippen LogP contribution in [0.2, 0.25) is 0 Å². The van der Waals surface area contributed by atoms with Gasteiger partial charge in [-0.1, -0.05) is 76.9 Å². The van der Waals surface area contributed by atoms with E-state index in [2.05, 4.69) is 19.1 Å². The summed E-state index contributed by atoms with van der Waals surface area (Å²) in [5.74, 6) is -3.35. The minimum atomic E-state index is -2.18. The van der Waals surface area contributed by atoms with Crippen molar-refractivity contribution in [3.05, 3.63) is 12.2 Å². The molecule has 0 aromatic carbocycles. The van der Waals surface area contributed by atoms with Crippen LogP contribution < -0.4 is 0 Å². The molecule has 5 heteroatoms. The molecule has 0 radical (unpaired) electrons. The molecule has 0 rings (SSSR count). The normalized spacial score (nSPS) is 13.9. The number of aliphatic hydroxyl groups is 2. The first-order valence-electron chi connectivity index (χ1n) is 11.8. The van der Waals surface area contributed by atoms with E-state index in [1.54, 1.807) is 21.1 Å². The number of unbranched alkanes of at least 4 members (excludes halogenated alkanes) is 12. The number of hydrogen-bond acceptors (Lipinski definition) is 3. The second-order valence-electron chi connectivity index (χ2n) is 9.42. The molecule has 0 spiro atoms. The van der Waals surface area contributed by atoms with Crippen molar-refractivity contribution in [3.63, 3.8) is 0 Å². The summed E-state index contributed by atoms with van der Waals surface area (Å²) >= 11 is 0. The van der Waals surface area contributed by atoms with Gasteiger partial charge in [0.25, 0.3) is 0 Å². The number of aliphatic carboxylic acids is 1. The number of hydrogen-bond donors (Lipinski definition) is 3. The maximum absolute atomic E-state index is 11.4. The number of likely N-dealkylation sites (N-methyl/N-ethyl adjacent to an activating group) is 1. The standard InChI is InChI=1S/C24H47NO4/c1-5-6-7-8-9-10-11-12-13-14-15-16-17-18-19-20-21-24(28,29)22(23(26)27)25(2,3)4/h12-13,22,28-29H,5-11,14-21H2,1-4H3/p+1/b13-12-. The summed E-state index contributed by atoms with van der Waals surface area (Å²) in [6.45, 7) is 2.25. The number of carbonyl (C=O) groups is 1. The molecule has 3 N–H and O–H groups in total. The summed E-state index contributed by atoms with van der Waals surface area (Å²) in [6.07, 6.45) is 21.4. The lowest BCUT2D eigenvalue weighted by molar-refractivity contribution is -0.899. The molecule has 0 aliphatic rings. The fourth-order valence-electron chi connectivity index (χ4n) is 3.92. The van der Waals surface area contributed by atoms with Gasteiger partial charge in [0.05, 0.1) is 21.1 Å². The van der Waals surface area contributed by atoms with Crippen molar-refractivity contribution in [1.29, 1.82) is 0 Å². The second-order valence-corrected chi connectivity index (χ2v) is 9.42. The van der Waals surface area contributed by atoms with E-state index in [9.17, 15) is 20.1 Å². The molecule has 1 atom stereocenters. The first kappa shape index (κ1) is 28.1. The third-order valence-electron chi connectivity index (χ3n) is 5.50. The predicted octanol–water partition coefficient (Wildman–Crippen LogP) is 5.25. The van der Waals surface area contributed by atoms with E-state index in [0.717, 1.165) is 25.7 Å². The predicted molar refractivity (Wildman–Crippen MR) is 121 cm³/mol. The lowest BCUT2D eigenvalue weighted by atomic mass is 9.97. The largest absolute Gasteiger partial charge is 0.477 e. The fraction of sp³-hybridized carbons (Fsp3) is 0.875. The zero-order chi connectivity index (χ0) is 22.2. The van der Waals surface area contributed by atoms with E-state index >= 15 is 0 Å². The molecular formula is C24H48NO4+. The average Bonchev–Trinajstić information content (AvgIpc) is 2.59. The van der Waals surface area contributed by atoms with Gasteiger partial charge in [0.15, 0.2) is 0 Å². The first-order chi connectivity index (χ1) is 13.6. The third-order valence-corrected chi connectivity index (χ3v) is 5.50. The van der Waals surface area contributed by atoms with E-state index in [-0.39, 0.29) is 10.9 Å². The van der Waals surface area contributed by atoms with E-state index in [1.807, 2.05) is 0 Å². The van der Waals surface area contributed by atoms with Crippen molar-refractivity contribution >= 4 is 5.97 Å². The highest BCUT2D eigenvalue weighted by Crippen LogP contribution is 2.23. The van der Waals surface area contributed by atoms with Crippen molar-refractivity contribution in [2.75, 3.05) is 21.1 Å². The highest BCUT2D eigenvalue weighted by Gasteiger charge is 2.48. The number of nitrogens with zero attached hydrogens (tertiary/aromatic N) is 1. The Bertz CT molecular complexity index is 441.